The molecular formula is C16H20N3OS+. The predicted molar refractivity (Wildman–Crippen MR) is 84.2 cm³/mol. The summed E-state index contributed by atoms with van der Waals surface area (Å²) in [5.41, 5.74) is 2.20. The minimum atomic E-state index is 0.147. The summed E-state index contributed by atoms with van der Waals surface area (Å²) in [7, 11) is 2.04. The fourth-order valence-corrected chi connectivity index (χ4v) is 3.08. The first-order chi connectivity index (χ1) is 10.2. The van der Waals surface area contributed by atoms with Crippen LogP contribution in [0.1, 0.15) is 18.5 Å². The number of likely N-dealkylation sites (N-methyl/N-ethyl adjacent to an activating group) is 1. The van der Waals surface area contributed by atoms with E-state index in [2.05, 4.69) is 27.8 Å². The Bertz CT molecular complexity index is 607. The van der Waals surface area contributed by atoms with Crippen LogP contribution in [0.3, 0.4) is 0 Å². The Hall–Kier alpha value is -1.72. The Labute approximate surface area is 128 Å². The lowest BCUT2D eigenvalue weighted by Crippen LogP contribution is -3.09. The average Bonchev–Trinajstić information content (AvgIpc) is 3.15. The summed E-state index contributed by atoms with van der Waals surface area (Å²) in [5.74, 6) is 0.147. The fraction of sp³-hybridized carbons (Fsp3) is 0.375. The third kappa shape index (κ3) is 4.12. The van der Waals surface area contributed by atoms with Gasteiger partial charge >= 0.3 is 0 Å². The summed E-state index contributed by atoms with van der Waals surface area (Å²) >= 11 is 1.66. The van der Waals surface area contributed by atoms with E-state index in [4.69, 9.17) is 0 Å². The van der Waals surface area contributed by atoms with Crippen LogP contribution in [0.25, 0.3) is 10.6 Å². The predicted octanol–water partition coefficient (Wildman–Crippen LogP) is 1.10. The van der Waals surface area contributed by atoms with E-state index >= 15 is 0 Å². The van der Waals surface area contributed by atoms with E-state index in [0.29, 0.717) is 12.6 Å². The van der Waals surface area contributed by atoms with Crippen LogP contribution in [0.15, 0.2) is 35.7 Å². The Morgan fingerprint density at radius 2 is 2.14 bits per heavy atom. The van der Waals surface area contributed by atoms with E-state index in [1.165, 1.54) is 0 Å². The van der Waals surface area contributed by atoms with E-state index in [9.17, 15) is 4.79 Å². The molecule has 1 saturated carbocycles. The van der Waals surface area contributed by atoms with Gasteiger partial charge in [-0.3, -0.25) is 4.79 Å². The first kappa shape index (κ1) is 14.2. The maximum Gasteiger partial charge on any atom is 0.275 e. The molecule has 21 heavy (non-hydrogen) atoms. The maximum atomic E-state index is 11.8. The number of aromatic nitrogens is 1. The lowest BCUT2D eigenvalue weighted by atomic mass is 10.2. The average molecular weight is 302 g/mol. The molecule has 5 heteroatoms. The second-order valence-corrected chi connectivity index (χ2v) is 6.52. The smallest absolute Gasteiger partial charge is 0.275 e. The highest BCUT2D eigenvalue weighted by molar-refractivity contribution is 7.13. The van der Waals surface area contributed by atoms with Crippen molar-refractivity contribution in [1.29, 1.82) is 0 Å². The Morgan fingerprint density at radius 3 is 2.86 bits per heavy atom. The molecule has 0 aliphatic heterocycles. The van der Waals surface area contributed by atoms with Crippen LogP contribution >= 0.6 is 11.3 Å². The monoisotopic (exact) mass is 302 g/mol. The SMILES string of the molecule is C[NH+](CC(=O)NC1CC1)Cc1csc(-c2ccccc2)n1. The number of thiazole rings is 1. The molecule has 1 aliphatic rings. The van der Waals surface area contributed by atoms with Gasteiger partial charge in [-0.05, 0) is 12.8 Å². The lowest BCUT2D eigenvalue weighted by Gasteiger charge is -2.12. The van der Waals surface area contributed by atoms with E-state index in [1.807, 2.05) is 25.2 Å². The van der Waals surface area contributed by atoms with Gasteiger partial charge in [0.2, 0.25) is 0 Å². The largest absolute Gasteiger partial charge is 0.348 e. The van der Waals surface area contributed by atoms with Crippen molar-refractivity contribution in [3.05, 3.63) is 41.4 Å². The van der Waals surface area contributed by atoms with E-state index in [-0.39, 0.29) is 5.91 Å². The van der Waals surface area contributed by atoms with Gasteiger partial charge in [-0.2, -0.15) is 0 Å². The van der Waals surface area contributed by atoms with E-state index in [1.54, 1.807) is 11.3 Å². The Balaban J connectivity index is 1.55. The number of hydrogen-bond donors (Lipinski definition) is 2. The molecule has 2 N–H and O–H groups in total. The summed E-state index contributed by atoms with van der Waals surface area (Å²) in [5, 5.41) is 6.15. The summed E-state index contributed by atoms with van der Waals surface area (Å²) in [6.07, 6.45) is 2.27. The molecule has 4 nitrogen and oxygen atoms in total. The maximum absolute atomic E-state index is 11.8. The van der Waals surface area contributed by atoms with Crippen molar-refractivity contribution in [2.24, 2.45) is 0 Å². The number of nitrogens with zero attached hydrogens (tertiary/aromatic N) is 1. The van der Waals surface area contributed by atoms with Crippen molar-refractivity contribution in [3.8, 4) is 10.6 Å². The van der Waals surface area contributed by atoms with Gasteiger partial charge in [0.25, 0.3) is 5.91 Å². The highest BCUT2D eigenvalue weighted by Crippen LogP contribution is 2.22. The normalized spacial score (nSPS) is 15.7. The summed E-state index contributed by atoms with van der Waals surface area (Å²) in [4.78, 5) is 17.6. The third-order valence-electron chi connectivity index (χ3n) is 3.46. The number of carbonyl (C=O) groups is 1. The summed E-state index contributed by atoms with van der Waals surface area (Å²) in [6.45, 7) is 1.29. The van der Waals surface area contributed by atoms with Crippen molar-refractivity contribution in [2.45, 2.75) is 25.4 Å². The Kier molecular flexibility index (Phi) is 4.31. The summed E-state index contributed by atoms with van der Waals surface area (Å²) < 4.78 is 0. The molecule has 2 aromatic rings. The number of carbonyl (C=O) groups excluding carboxylic acids is 1. The Morgan fingerprint density at radius 1 is 1.38 bits per heavy atom. The summed E-state index contributed by atoms with van der Waals surface area (Å²) in [6, 6.07) is 10.6. The van der Waals surface area contributed by atoms with Gasteiger partial charge in [-0.1, -0.05) is 30.3 Å². The molecule has 1 fully saturated rings. The van der Waals surface area contributed by atoms with Crippen LogP contribution in [0.5, 0.6) is 0 Å². The van der Waals surface area contributed by atoms with Gasteiger partial charge in [-0.15, -0.1) is 11.3 Å². The molecule has 0 bridgehead atoms. The number of hydrogen-bond acceptors (Lipinski definition) is 3. The van der Waals surface area contributed by atoms with Gasteiger partial charge in [0, 0.05) is 17.0 Å². The van der Waals surface area contributed by atoms with Crippen molar-refractivity contribution in [1.82, 2.24) is 10.3 Å². The first-order valence-corrected chi connectivity index (χ1v) is 8.19. The van der Waals surface area contributed by atoms with E-state index in [0.717, 1.165) is 40.6 Å². The molecule has 1 aromatic carbocycles. The number of benzene rings is 1. The van der Waals surface area contributed by atoms with Crippen LogP contribution in [-0.2, 0) is 11.3 Å². The van der Waals surface area contributed by atoms with Crippen molar-refractivity contribution in [2.75, 3.05) is 13.6 Å². The van der Waals surface area contributed by atoms with Gasteiger partial charge in [0.05, 0.1) is 7.05 Å². The van der Waals surface area contributed by atoms with Gasteiger partial charge < -0.3 is 10.2 Å². The topological polar surface area (TPSA) is 46.4 Å². The minimum Gasteiger partial charge on any atom is -0.348 e. The molecule has 1 unspecified atom stereocenters. The van der Waals surface area contributed by atoms with Crippen molar-refractivity contribution in [3.63, 3.8) is 0 Å². The minimum absolute atomic E-state index is 0.147. The highest BCUT2D eigenvalue weighted by Gasteiger charge is 2.24. The second-order valence-electron chi connectivity index (χ2n) is 5.66. The second kappa shape index (κ2) is 6.37. The molecule has 1 atom stereocenters. The molecule has 1 aromatic heterocycles. The zero-order chi connectivity index (χ0) is 14.7. The van der Waals surface area contributed by atoms with Gasteiger partial charge in [0.1, 0.15) is 17.2 Å². The quantitative estimate of drug-likeness (QED) is 0.839. The van der Waals surface area contributed by atoms with Crippen LogP contribution in [-0.4, -0.2) is 30.5 Å². The highest BCUT2D eigenvalue weighted by atomic mass is 32.1. The molecule has 0 spiro atoms. The fourth-order valence-electron chi connectivity index (χ4n) is 2.25. The molecule has 3 rings (SSSR count). The van der Waals surface area contributed by atoms with Crippen molar-refractivity contribution < 1.29 is 9.69 Å². The number of rotatable bonds is 6. The molecule has 0 radical (unpaired) electrons. The standard InChI is InChI=1S/C16H19N3OS/c1-19(10-15(20)17-13-7-8-13)9-14-11-21-16(18-14)12-5-3-2-4-6-12/h2-6,11,13H,7-10H2,1H3,(H,17,20)/p+1. The van der Waals surface area contributed by atoms with Gasteiger partial charge in [0.15, 0.2) is 6.54 Å². The third-order valence-corrected chi connectivity index (χ3v) is 4.40. The lowest BCUT2D eigenvalue weighted by molar-refractivity contribution is -0.885. The van der Waals surface area contributed by atoms with Crippen LogP contribution in [0.4, 0.5) is 0 Å². The molecular weight excluding hydrogens is 282 g/mol. The van der Waals surface area contributed by atoms with Crippen LogP contribution < -0.4 is 10.2 Å². The molecule has 110 valence electrons. The number of quaternary nitrogens is 1. The van der Waals surface area contributed by atoms with Gasteiger partial charge in [-0.25, -0.2) is 4.98 Å². The first-order valence-electron chi connectivity index (χ1n) is 7.31. The number of nitrogens with one attached hydrogen (secondary N) is 2. The zero-order valence-corrected chi connectivity index (χ0v) is 13.0. The number of amides is 1. The molecule has 1 amide bonds. The van der Waals surface area contributed by atoms with Crippen LogP contribution in [0.2, 0.25) is 0 Å². The molecule has 0 saturated heterocycles. The van der Waals surface area contributed by atoms with Crippen molar-refractivity contribution >= 4 is 17.2 Å². The van der Waals surface area contributed by atoms with E-state index < -0.39 is 0 Å². The molecule has 1 heterocycles. The molecule has 1 aliphatic carbocycles. The van der Waals surface area contributed by atoms with Crippen LogP contribution in [0, 0.1) is 0 Å². The zero-order valence-electron chi connectivity index (χ0n) is 12.1.